The van der Waals surface area contributed by atoms with Crippen molar-refractivity contribution in [2.75, 3.05) is 11.4 Å². The van der Waals surface area contributed by atoms with Crippen molar-refractivity contribution in [2.24, 2.45) is 5.92 Å². The second-order valence-electron chi connectivity index (χ2n) is 7.53. The maximum Gasteiger partial charge on any atom is 0.416 e. The lowest BCUT2D eigenvalue weighted by Crippen LogP contribution is -2.39. The average Bonchev–Trinajstić information content (AvgIpc) is 3.04. The molecule has 0 aromatic carbocycles. The molecule has 2 heterocycles. The van der Waals surface area contributed by atoms with Gasteiger partial charge in [-0.2, -0.15) is 5.26 Å². The van der Waals surface area contributed by atoms with Crippen LogP contribution in [0.25, 0.3) is 0 Å². The first-order valence-electron chi connectivity index (χ1n) is 7.91. The molecule has 2 aliphatic rings. The van der Waals surface area contributed by atoms with Crippen molar-refractivity contribution in [3.8, 4) is 6.07 Å². The number of carbonyl (C=O) groups excluding carboxylic acids is 1. The Labute approximate surface area is 155 Å². The van der Waals surface area contributed by atoms with Crippen LogP contribution < -0.4 is 4.90 Å². The minimum Gasteiger partial charge on any atom is -0.443 e. The van der Waals surface area contributed by atoms with Gasteiger partial charge in [0.2, 0.25) is 0 Å². The van der Waals surface area contributed by atoms with Crippen molar-refractivity contribution >= 4 is 39.4 Å². The van der Waals surface area contributed by atoms with Crippen molar-refractivity contribution in [3.05, 3.63) is 21.3 Å². The van der Waals surface area contributed by atoms with E-state index < -0.39 is 11.7 Å². The van der Waals surface area contributed by atoms with Crippen molar-refractivity contribution < 1.29 is 9.53 Å². The molecule has 1 aliphatic carbocycles. The highest BCUT2D eigenvalue weighted by molar-refractivity contribution is 9.10. The number of nitriles is 1. The predicted octanol–water partition coefficient (Wildman–Crippen LogP) is 4.81. The third-order valence-electron chi connectivity index (χ3n) is 4.60. The second kappa shape index (κ2) is 5.89. The minimum absolute atomic E-state index is 0.0218. The predicted molar refractivity (Wildman–Crippen MR) is 95.2 cm³/mol. The minimum atomic E-state index is -0.586. The summed E-state index contributed by atoms with van der Waals surface area (Å²) >= 11 is 9.98. The molecule has 1 aliphatic heterocycles. The monoisotopic (exact) mass is 411 g/mol. The van der Waals surface area contributed by atoms with Crippen molar-refractivity contribution in [2.45, 2.75) is 51.0 Å². The summed E-state index contributed by atoms with van der Waals surface area (Å²) in [5.74, 6) is 0.530. The first kappa shape index (κ1) is 17.5. The van der Waals surface area contributed by atoms with Gasteiger partial charge in [-0.15, -0.1) is 0 Å². The van der Waals surface area contributed by atoms with Crippen molar-refractivity contribution in [3.63, 3.8) is 0 Å². The van der Waals surface area contributed by atoms with Gasteiger partial charge in [-0.05, 0) is 56.0 Å². The molecule has 0 saturated heterocycles. The van der Waals surface area contributed by atoms with E-state index in [1.165, 1.54) is 0 Å². The Morgan fingerprint density at radius 1 is 1.58 bits per heavy atom. The second-order valence-corrected chi connectivity index (χ2v) is 8.77. The molecule has 1 aromatic rings. The SMILES string of the molecule is CC(C)(C)OC(=O)N1C[C@@]2(CC[C@H](C#N)C2)c2c1ncc(Br)c2Cl. The molecule has 0 radical (unpaired) electrons. The summed E-state index contributed by atoms with van der Waals surface area (Å²) in [5, 5.41) is 9.87. The first-order chi connectivity index (χ1) is 11.2. The normalized spacial score (nSPS) is 25.7. The Balaban J connectivity index is 2.05. The van der Waals surface area contributed by atoms with E-state index in [0.29, 0.717) is 28.3 Å². The molecule has 1 saturated carbocycles. The molecular weight excluding hydrogens is 394 g/mol. The van der Waals surface area contributed by atoms with Crippen LogP contribution in [-0.4, -0.2) is 23.2 Å². The number of nitrogens with zero attached hydrogens (tertiary/aromatic N) is 3. The molecule has 2 atom stereocenters. The zero-order valence-electron chi connectivity index (χ0n) is 13.9. The van der Waals surface area contributed by atoms with Gasteiger partial charge in [0.05, 0.1) is 15.6 Å². The highest BCUT2D eigenvalue weighted by Crippen LogP contribution is 2.55. The van der Waals surface area contributed by atoms with Crippen LogP contribution in [0.15, 0.2) is 10.7 Å². The fourth-order valence-corrected chi connectivity index (χ4v) is 4.30. The van der Waals surface area contributed by atoms with Crippen molar-refractivity contribution in [1.82, 2.24) is 4.98 Å². The molecule has 0 bridgehead atoms. The molecule has 1 aromatic heterocycles. The van der Waals surface area contributed by atoms with Crippen LogP contribution in [0, 0.1) is 17.2 Å². The molecule has 1 fully saturated rings. The number of carbonyl (C=O) groups is 1. The van der Waals surface area contributed by atoms with Gasteiger partial charge in [-0.25, -0.2) is 9.78 Å². The lowest BCUT2D eigenvalue weighted by molar-refractivity contribution is 0.0577. The number of pyridine rings is 1. The molecule has 3 rings (SSSR count). The molecule has 0 unspecified atom stereocenters. The van der Waals surface area contributed by atoms with E-state index in [1.807, 2.05) is 20.8 Å². The number of hydrogen-bond donors (Lipinski definition) is 0. The number of hydrogen-bond acceptors (Lipinski definition) is 4. The van der Waals surface area contributed by atoms with Crippen LogP contribution >= 0.6 is 27.5 Å². The lowest BCUT2D eigenvalue weighted by Gasteiger charge is -2.27. The number of halogens is 2. The van der Waals surface area contributed by atoms with Crippen LogP contribution in [-0.2, 0) is 10.2 Å². The largest absolute Gasteiger partial charge is 0.443 e. The highest BCUT2D eigenvalue weighted by atomic mass is 79.9. The maximum absolute atomic E-state index is 12.7. The summed E-state index contributed by atoms with van der Waals surface area (Å²) in [7, 11) is 0. The third-order valence-corrected chi connectivity index (χ3v) is 5.83. The molecule has 1 spiro atoms. The molecule has 24 heavy (non-hydrogen) atoms. The Hall–Kier alpha value is -1.32. The fraction of sp³-hybridized carbons (Fsp3) is 0.588. The van der Waals surface area contributed by atoms with E-state index in [-0.39, 0.29) is 11.3 Å². The molecule has 5 nitrogen and oxygen atoms in total. The first-order valence-corrected chi connectivity index (χ1v) is 9.08. The summed E-state index contributed by atoms with van der Waals surface area (Å²) in [4.78, 5) is 18.7. The Bertz CT molecular complexity index is 741. The van der Waals surface area contributed by atoms with Crippen LogP contribution in [0.4, 0.5) is 10.6 Å². The topological polar surface area (TPSA) is 66.2 Å². The number of fused-ring (bicyclic) bond motifs is 2. The standard InChI is InChI=1S/C17H19BrClN3O2/c1-16(2,3)24-15(23)22-9-17(5-4-10(6-17)7-20)12-13(19)11(18)8-21-14(12)22/h8,10H,4-6,9H2,1-3H3/t10-,17-/m0/s1. The van der Waals surface area contributed by atoms with Crippen LogP contribution in [0.5, 0.6) is 0 Å². The molecule has 7 heteroatoms. The summed E-state index contributed by atoms with van der Waals surface area (Å²) in [6.07, 6.45) is 3.49. The zero-order chi connectivity index (χ0) is 17.7. The van der Waals surface area contributed by atoms with E-state index in [9.17, 15) is 10.1 Å². The van der Waals surface area contributed by atoms with E-state index in [1.54, 1.807) is 11.1 Å². The summed E-state index contributed by atoms with van der Waals surface area (Å²) in [5.41, 5.74) is -0.0421. The highest BCUT2D eigenvalue weighted by Gasteiger charge is 2.52. The van der Waals surface area contributed by atoms with Gasteiger partial charge in [0.1, 0.15) is 11.4 Å². The van der Waals surface area contributed by atoms with Gasteiger partial charge in [0.25, 0.3) is 0 Å². The van der Waals surface area contributed by atoms with Crippen LogP contribution in [0.2, 0.25) is 5.02 Å². The van der Waals surface area contributed by atoms with E-state index in [4.69, 9.17) is 16.3 Å². The van der Waals surface area contributed by atoms with Crippen molar-refractivity contribution in [1.29, 1.82) is 5.26 Å². The fourth-order valence-electron chi connectivity index (χ4n) is 3.66. The lowest BCUT2D eigenvalue weighted by atomic mass is 9.80. The molecular formula is C17H19BrClN3O2. The number of anilines is 1. The average molecular weight is 413 g/mol. The molecule has 1 amide bonds. The van der Waals surface area contributed by atoms with E-state index in [0.717, 1.165) is 18.4 Å². The third kappa shape index (κ3) is 2.89. The number of amides is 1. The summed E-state index contributed by atoms with van der Waals surface area (Å²) in [6.45, 7) is 5.96. The zero-order valence-corrected chi connectivity index (χ0v) is 16.2. The van der Waals surface area contributed by atoms with E-state index >= 15 is 0 Å². The maximum atomic E-state index is 12.7. The summed E-state index contributed by atoms with van der Waals surface area (Å²) in [6, 6.07) is 2.35. The van der Waals surface area contributed by atoms with Crippen LogP contribution in [0.3, 0.4) is 0 Å². The van der Waals surface area contributed by atoms with Gasteiger partial charge in [-0.3, -0.25) is 4.90 Å². The number of aromatic nitrogens is 1. The van der Waals surface area contributed by atoms with Gasteiger partial charge < -0.3 is 4.74 Å². The quantitative estimate of drug-likeness (QED) is 0.613. The number of rotatable bonds is 0. The molecule has 0 N–H and O–H groups in total. The Morgan fingerprint density at radius 3 is 2.88 bits per heavy atom. The van der Waals surface area contributed by atoms with Gasteiger partial charge in [-0.1, -0.05) is 11.6 Å². The van der Waals surface area contributed by atoms with E-state index in [2.05, 4.69) is 27.0 Å². The van der Waals surface area contributed by atoms with Gasteiger partial charge >= 0.3 is 6.09 Å². The smallest absolute Gasteiger partial charge is 0.416 e. The Kier molecular flexibility index (Phi) is 4.29. The summed E-state index contributed by atoms with van der Waals surface area (Å²) < 4.78 is 6.23. The Morgan fingerprint density at radius 2 is 2.29 bits per heavy atom. The van der Waals surface area contributed by atoms with Gasteiger partial charge in [0, 0.05) is 29.6 Å². The molecule has 128 valence electrons. The van der Waals surface area contributed by atoms with Gasteiger partial charge in [0.15, 0.2) is 0 Å². The van der Waals surface area contributed by atoms with Crippen LogP contribution in [0.1, 0.15) is 45.6 Å². The number of ether oxygens (including phenoxy) is 1.